The van der Waals surface area contributed by atoms with Gasteiger partial charge >= 0.3 is 11.9 Å². The van der Waals surface area contributed by atoms with Crippen molar-refractivity contribution in [3.63, 3.8) is 0 Å². The van der Waals surface area contributed by atoms with Gasteiger partial charge < -0.3 is 18.9 Å². The van der Waals surface area contributed by atoms with Gasteiger partial charge in [0.2, 0.25) is 0 Å². The van der Waals surface area contributed by atoms with E-state index in [2.05, 4.69) is 40.7 Å². The van der Waals surface area contributed by atoms with Gasteiger partial charge in [-0.3, -0.25) is 14.4 Å². The Kier molecular flexibility index (Phi) is 6.74. The third kappa shape index (κ3) is 4.02. The zero-order valence-electron chi connectivity index (χ0n) is 24.0. The Morgan fingerprint density at radius 1 is 1.05 bits per heavy atom. The van der Waals surface area contributed by atoms with Crippen LogP contribution in [0, 0.1) is 29.1 Å². The van der Waals surface area contributed by atoms with E-state index >= 15 is 0 Å². The van der Waals surface area contributed by atoms with Crippen LogP contribution in [-0.2, 0) is 33.3 Å². The van der Waals surface area contributed by atoms with Crippen LogP contribution in [0.1, 0.15) is 93.4 Å². The highest BCUT2D eigenvalue weighted by molar-refractivity contribution is 6.01. The van der Waals surface area contributed by atoms with Gasteiger partial charge in [0, 0.05) is 31.6 Å². The quantitative estimate of drug-likeness (QED) is 0.406. The molecule has 9 atom stereocenters. The second kappa shape index (κ2) is 9.29. The lowest BCUT2D eigenvalue weighted by Crippen LogP contribution is -2.69. The first-order valence-electron chi connectivity index (χ1n) is 14.5. The third-order valence-corrected chi connectivity index (χ3v) is 10.6. The fraction of sp³-hybridized carbons (Fsp3) is 0.774. The van der Waals surface area contributed by atoms with Crippen LogP contribution in [0.5, 0.6) is 0 Å². The number of hydrogen-bond donors (Lipinski definition) is 0. The molecule has 3 aliphatic carbocycles. The SMILES string of the molecule is CC(=O)OC(CCC(C)C)C(C)[C@]12CC[C@@]3(O1)[C@@H]1CCC4=CC(=O)C=C[C@]4(C)[C@H]1C[C@H](OC(C)=O)[C@]3(C)O2. The van der Waals surface area contributed by atoms with E-state index < -0.39 is 23.1 Å². The second-order valence-corrected chi connectivity index (χ2v) is 13.2. The Bertz CT molecular complexity index is 1080. The lowest BCUT2D eigenvalue weighted by atomic mass is 9.47. The summed E-state index contributed by atoms with van der Waals surface area (Å²) < 4.78 is 26.1. The minimum Gasteiger partial charge on any atom is -0.462 e. The molecule has 0 aromatic rings. The maximum Gasteiger partial charge on any atom is 0.303 e. The number of ether oxygens (including phenoxy) is 4. The molecule has 7 nitrogen and oxygen atoms in total. The van der Waals surface area contributed by atoms with Crippen molar-refractivity contribution in [2.24, 2.45) is 29.1 Å². The average Bonchev–Trinajstić information content (AvgIpc) is 3.34. The van der Waals surface area contributed by atoms with Gasteiger partial charge in [0.1, 0.15) is 23.4 Å². The van der Waals surface area contributed by atoms with E-state index in [0.29, 0.717) is 18.8 Å². The van der Waals surface area contributed by atoms with Crippen molar-refractivity contribution in [1.29, 1.82) is 0 Å². The van der Waals surface area contributed by atoms with Crippen molar-refractivity contribution in [2.75, 3.05) is 0 Å². The molecule has 7 heteroatoms. The predicted molar refractivity (Wildman–Crippen MR) is 141 cm³/mol. The Morgan fingerprint density at radius 3 is 2.45 bits per heavy atom. The molecule has 1 spiro atoms. The Balaban J connectivity index is 1.54. The lowest BCUT2D eigenvalue weighted by molar-refractivity contribution is -0.253. The highest BCUT2D eigenvalue weighted by Crippen LogP contribution is 2.71. The Morgan fingerprint density at radius 2 is 1.79 bits per heavy atom. The van der Waals surface area contributed by atoms with Crippen molar-refractivity contribution in [3.8, 4) is 0 Å². The molecular weight excluding hydrogens is 484 g/mol. The van der Waals surface area contributed by atoms with E-state index in [1.54, 1.807) is 12.2 Å². The number of allylic oxidation sites excluding steroid dienone is 4. The summed E-state index contributed by atoms with van der Waals surface area (Å²) in [4.78, 5) is 36.7. The molecule has 0 aromatic carbocycles. The first kappa shape index (κ1) is 27.6. The van der Waals surface area contributed by atoms with Crippen LogP contribution in [-0.4, -0.2) is 46.9 Å². The van der Waals surface area contributed by atoms with Crippen LogP contribution in [0.4, 0.5) is 0 Å². The zero-order chi connectivity index (χ0) is 27.7. The van der Waals surface area contributed by atoms with Crippen molar-refractivity contribution in [3.05, 3.63) is 23.8 Å². The number of fused-ring (bicyclic) bond motifs is 4. The molecule has 2 heterocycles. The summed E-state index contributed by atoms with van der Waals surface area (Å²) in [5.41, 5.74) is -0.594. The molecule has 0 radical (unpaired) electrons. The summed E-state index contributed by atoms with van der Waals surface area (Å²) in [5, 5.41) is 0. The average molecular weight is 529 g/mol. The molecule has 2 saturated carbocycles. The van der Waals surface area contributed by atoms with E-state index in [1.807, 2.05) is 0 Å². The van der Waals surface area contributed by atoms with Crippen LogP contribution in [0.2, 0.25) is 0 Å². The van der Waals surface area contributed by atoms with Crippen LogP contribution >= 0.6 is 0 Å². The summed E-state index contributed by atoms with van der Waals surface area (Å²) in [7, 11) is 0. The number of esters is 2. The van der Waals surface area contributed by atoms with E-state index in [1.165, 1.54) is 13.8 Å². The van der Waals surface area contributed by atoms with Crippen LogP contribution in [0.3, 0.4) is 0 Å². The fourth-order valence-electron chi connectivity index (χ4n) is 8.58. The third-order valence-electron chi connectivity index (χ3n) is 10.6. The molecule has 5 rings (SSSR count). The molecule has 4 fully saturated rings. The van der Waals surface area contributed by atoms with Gasteiger partial charge in [0.05, 0.1) is 0 Å². The largest absolute Gasteiger partial charge is 0.462 e. The normalized spacial score (nSPS) is 42.6. The fourth-order valence-corrected chi connectivity index (χ4v) is 8.58. The molecule has 0 amide bonds. The summed E-state index contributed by atoms with van der Waals surface area (Å²) in [6, 6.07) is 0. The van der Waals surface area contributed by atoms with Crippen molar-refractivity contribution < 1.29 is 33.3 Å². The molecular formula is C31H44O7. The second-order valence-electron chi connectivity index (χ2n) is 13.2. The van der Waals surface area contributed by atoms with Crippen molar-refractivity contribution in [1.82, 2.24) is 0 Å². The van der Waals surface area contributed by atoms with E-state index in [9.17, 15) is 14.4 Å². The van der Waals surface area contributed by atoms with Crippen LogP contribution < -0.4 is 0 Å². The van der Waals surface area contributed by atoms with Gasteiger partial charge in [-0.05, 0) is 75.4 Å². The Hall–Kier alpha value is -1.99. The standard InChI is InChI=1S/C31H44O7/c1-18(2)8-11-26(35-20(4)32)19(3)31-15-14-30(38-31)24-10-9-22-16-23(34)12-13-28(22,6)25(24)17-27(36-21(5)33)29(30,7)37-31/h12-13,16,18-19,24-27H,8-11,14-15,17H2,1-7H3/t19?,24-,25+,26?,27+,28+,29+,30-,31+/m1/s1. The maximum atomic E-state index is 12.4. The molecule has 38 heavy (non-hydrogen) atoms. The molecule has 2 bridgehead atoms. The van der Waals surface area contributed by atoms with E-state index in [4.69, 9.17) is 18.9 Å². The van der Waals surface area contributed by atoms with Gasteiger partial charge in [-0.1, -0.05) is 39.3 Å². The topological polar surface area (TPSA) is 88.1 Å². The number of hydrogen-bond acceptors (Lipinski definition) is 7. The van der Waals surface area contributed by atoms with Gasteiger partial charge in [0.25, 0.3) is 0 Å². The summed E-state index contributed by atoms with van der Waals surface area (Å²) in [6.45, 7) is 13.6. The van der Waals surface area contributed by atoms with Gasteiger partial charge in [-0.2, -0.15) is 0 Å². The summed E-state index contributed by atoms with van der Waals surface area (Å²) >= 11 is 0. The van der Waals surface area contributed by atoms with Crippen LogP contribution in [0.15, 0.2) is 23.8 Å². The maximum absolute atomic E-state index is 12.4. The summed E-state index contributed by atoms with van der Waals surface area (Å²) in [6.07, 6.45) is 10.3. The molecule has 5 aliphatic rings. The minimum atomic E-state index is -0.922. The minimum absolute atomic E-state index is 0.0401. The molecule has 2 aliphatic heterocycles. The number of ketones is 1. The van der Waals surface area contributed by atoms with E-state index in [0.717, 1.165) is 37.7 Å². The van der Waals surface area contributed by atoms with Crippen molar-refractivity contribution in [2.45, 2.75) is 123 Å². The highest BCUT2D eigenvalue weighted by Gasteiger charge is 2.79. The highest BCUT2D eigenvalue weighted by atomic mass is 16.8. The first-order valence-corrected chi connectivity index (χ1v) is 14.5. The zero-order valence-corrected chi connectivity index (χ0v) is 24.0. The molecule has 2 unspecified atom stereocenters. The molecule has 2 saturated heterocycles. The lowest BCUT2D eigenvalue weighted by Gasteiger charge is -2.61. The van der Waals surface area contributed by atoms with Gasteiger partial charge in [0.15, 0.2) is 11.6 Å². The van der Waals surface area contributed by atoms with Crippen LogP contribution in [0.25, 0.3) is 0 Å². The first-order chi connectivity index (χ1) is 17.8. The van der Waals surface area contributed by atoms with Gasteiger partial charge in [-0.25, -0.2) is 0 Å². The smallest absolute Gasteiger partial charge is 0.303 e. The number of rotatable bonds is 7. The molecule has 0 N–H and O–H groups in total. The Labute approximate surface area is 226 Å². The molecule has 0 aromatic heterocycles. The van der Waals surface area contributed by atoms with E-state index in [-0.39, 0.29) is 47.0 Å². The number of carbonyl (C=O) groups excluding carboxylic acids is 3. The van der Waals surface area contributed by atoms with Crippen molar-refractivity contribution >= 4 is 17.7 Å². The summed E-state index contributed by atoms with van der Waals surface area (Å²) in [5.74, 6) is -0.905. The monoisotopic (exact) mass is 528 g/mol. The number of carbonyl (C=O) groups is 3. The predicted octanol–water partition coefficient (Wildman–Crippen LogP) is 5.46. The van der Waals surface area contributed by atoms with Gasteiger partial charge in [-0.15, -0.1) is 0 Å². The molecule has 210 valence electrons.